The molecule has 3 N–H and O–H groups in total. The van der Waals surface area contributed by atoms with E-state index in [1.54, 1.807) is 34.6 Å². The van der Waals surface area contributed by atoms with Crippen molar-refractivity contribution in [2.75, 3.05) is 20.0 Å². The van der Waals surface area contributed by atoms with E-state index in [1.807, 2.05) is 0 Å². The molecule has 12 heteroatoms. The Bertz CT molecular complexity index is 881. The van der Waals surface area contributed by atoms with Gasteiger partial charge in [0, 0.05) is 6.42 Å². The summed E-state index contributed by atoms with van der Waals surface area (Å²) < 4.78 is 29.7. The zero-order valence-corrected chi connectivity index (χ0v) is 20.2. The Hall–Kier alpha value is -3.38. The topological polar surface area (TPSA) is 162 Å². The van der Waals surface area contributed by atoms with Crippen molar-refractivity contribution < 1.29 is 47.6 Å². The average Bonchev–Trinajstić information content (AvgIpc) is 2.74. The van der Waals surface area contributed by atoms with E-state index in [1.165, 1.54) is 25.1 Å². The number of hydrogen-bond acceptors (Lipinski definition) is 12. The molecular weight excluding hydrogens is 452 g/mol. The van der Waals surface area contributed by atoms with Crippen LogP contribution in [0.5, 0.6) is 11.5 Å². The van der Waals surface area contributed by atoms with E-state index in [0.29, 0.717) is 5.56 Å². The smallest absolute Gasteiger partial charge is 0.434 e. The maximum Gasteiger partial charge on any atom is 0.513 e. The summed E-state index contributed by atoms with van der Waals surface area (Å²) in [5.74, 6) is 4.01. The van der Waals surface area contributed by atoms with Crippen molar-refractivity contribution in [3.8, 4) is 11.5 Å². The Morgan fingerprint density at radius 3 is 1.85 bits per heavy atom. The lowest BCUT2D eigenvalue weighted by atomic mass is 9.93. The number of benzene rings is 1. The monoisotopic (exact) mass is 484 g/mol. The highest BCUT2D eigenvalue weighted by atomic mass is 16.7. The Kier molecular flexibility index (Phi) is 10.7. The average molecular weight is 485 g/mol. The van der Waals surface area contributed by atoms with Crippen LogP contribution in [0.15, 0.2) is 18.2 Å². The molecule has 0 aliphatic rings. The molecule has 190 valence electrons. The predicted molar refractivity (Wildman–Crippen MR) is 118 cm³/mol. The zero-order valence-electron chi connectivity index (χ0n) is 20.2. The van der Waals surface area contributed by atoms with Crippen LogP contribution >= 0.6 is 0 Å². The minimum absolute atomic E-state index is 0.0333. The first-order chi connectivity index (χ1) is 15.9. The molecule has 0 amide bonds. The lowest BCUT2D eigenvalue weighted by Crippen LogP contribution is -2.55. The molecule has 1 rings (SSSR count). The van der Waals surface area contributed by atoms with Gasteiger partial charge in [0.1, 0.15) is 5.54 Å². The molecule has 0 saturated carbocycles. The highest BCUT2D eigenvalue weighted by molar-refractivity contribution is 5.81. The van der Waals surface area contributed by atoms with Crippen molar-refractivity contribution in [3.05, 3.63) is 23.8 Å². The van der Waals surface area contributed by atoms with Crippen molar-refractivity contribution in [2.45, 2.75) is 53.5 Å². The van der Waals surface area contributed by atoms with Gasteiger partial charge in [0.25, 0.3) is 0 Å². The molecular formula is C22H32N2O10. The Labute approximate surface area is 197 Å². The summed E-state index contributed by atoms with van der Waals surface area (Å²) in [7, 11) is 0. The van der Waals surface area contributed by atoms with Gasteiger partial charge < -0.3 is 28.4 Å². The van der Waals surface area contributed by atoms with Crippen LogP contribution < -0.4 is 20.7 Å². The highest BCUT2D eigenvalue weighted by Crippen LogP contribution is 2.31. The number of esters is 2. The Morgan fingerprint density at radius 2 is 1.35 bits per heavy atom. The van der Waals surface area contributed by atoms with Crippen LogP contribution in [-0.2, 0) is 35.0 Å². The number of hydrogen-bond donors (Lipinski definition) is 2. The largest absolute Gasteiger partial charge is 0.513 e. The quantitative estimate of drug-likeness (QED) is 0.125. The first-order valence-corrected chi connectivity index (χ1v) is 10.5. The second-order valence-corrected chi connectivity index (χ2v) is 8.24. The SMILES string of the molecule is CCOC(=O)Oc1ccc(CC(C)(NN)C(=O)OCOC(=O)C(C)(C)C)cc1OC(=O)OCC. The highest BCUT2D eigenvalue weighted by Gasteiger charge is 2.35. The maximum atomic E-state index is 12.6. The van der Waals surface area contributed by atoms with Crippen LogP contribution in [0, 0.1) is 5.41 Å². The number of ether oxygens (including phenoxy) is 6. The first-order valence-electron chi connectivity index (χ1n) is 10.5. The molecule has 0 aliphatic heterocycles. The molecule has 1 aromatic carbocycles. The predicted octanol–water partition coefficient (Wildman–Crippen LogP) is 2.61. The Morgan fingerprint density at radius 1 is 0.824 bits per heavy atom. The van der Waals surface area contributed by atoms with Crippen molar-refractivity contribution in [3.63, 3.8) is 0 Å². The van der Waals surface area contributed by atoms with E-state index in [9.17, 15) is 19.2 Å². The van der Waals surface area contributed by atoms with Crippen LogP contribution in [0.25, 0.3) is 0 Å². The third-order valence-electron chi connectivity index (χ3n) is 4.24. The Balaban J connectivity index is 3.03. The second kappa shape index (κ2) is 12.8. The fourth-order valence-electron chi connectivity index (χ4n) is 2.40. The van der Waals surface area contributed by atoms with E-state index in [4.69, 9.17) is 34.3 Å². The van der Waals surface area contributed by atoms with Crippen LogP contribution in [0.1, 0.15) is 47.1 Å². The molecule has 1 unspecified atom stereocenters. The lowest BCUT2D eigenvalue weighted by Gasteiger charge is -2.27. The van der Waals surface area contributed by atoms with Gasteiger partial charge in [-0.3, -0.25) is 10.6 Å². The van der Waals surface area contributed by atoms with Crippen molar-refractivity contribution in [2.24, 2.45) is 11.3 Å². The number of hydrazine groups is 1. The molecule has 0 radical (unpaired) electrons. The molecule has 12 nitrogen and oxygen atoms in total. The second-order valence-electron chi connectivity index (χ2n) is 8.24. The first kappa shape index (κ1) is 28.7. The molecule has 1 atom stereocenters. The standard InChI is InChI=1S/C22H32N2O10/c1-7-29-19(27)33-15-10-9-14(11-16(15)34-20(28)30-8-2)12-22(6,24-23)18(26)32-13-31-17(25)21(3,4)5/h9-11,24H,7-8,12-13,23H2,1-6H3. The van der Waals surface area contributed by atoms with Gasteiger partial charge in [-0.15, -0.1) is 0 Å². The number of nitrogens with two attached hydrogens (primary N) is 1. The minimum Gasteiger partial charge on any atom is -0.434 e. The van der Waals surface area contributed by atoms with E-state index in [-0.39, 0.29) is 31.1 Å². The van der Waals surface area contributed by atoms with Gasteiger partial charge in [-0.05, 0) is 59.2 Å². The van der Waals surface area contributed by atoms with E-state index >= 15 is 0 Å². The summed E-state index contributed by atoms with van der Waals surface area (Å²) in [6, 6.07) is 4.25. The molecule has 0 saturated heterocycles. The maximum absolute atomic E-state index is 12.6. The summed E-state index contributed by atoms with van der Waals surface area (Å²) >= 11 is 0. The third-order valence-corrected chi connectivity index (χ3v) is 4.24. The summed E-state index contributed by atoms with van der Waals surface area (Å²) in [5.41, 5.74) is 0.639. The van der Waals surface area contributed by atoms with Crippen LogP contribution in [0.2, 0.25) is 0 Å². The van der Waals surface area contributed by atoms with Crippen LogP contribution in [0.3, 0.4) is 0 Å². The zero-order chi connectivity index (χ0) is 25.9. The van der Waals surface area contributed by atoms with Crippen molar-refractivity contribution in [1.82, 2.24) is 5.43 Å². The molecule has 0 bridgehead atoms. The molecule has 0 aromatic heterocycles. The molecule has 0 fully saturated rings. The van der Waals surface area contributed by atoms with E-state index in [0.717, 1.165) is 0 Å². The normalized spacial score (nSPS) is 12.7. The lowest BCUT2D eigenvalue weighted by molar-refractivity contribution is -0.176. The van der Waals surface area contributed by atoms with Gasteiger partial charge in [-0.25, -0.2) is 19.8 Å². The fraction of sp³-hybridized carbons (Fsp3) is 0.545. The van der Waals surface area contributed by atoms with E-state index < -0.39 is 42.0 Å². The van der Waals surface area contributed by atoms with Crippen molar-refractivity contribution >= 4 is 24.2 Å². The van der Waals surface area contributed by atoms with Gasteiger partial charge in [0.05, 0.1) is 18.6 Å². The van der Waals surface area contributed by atoms with Gasteiger partial charge in [-0.2, -0.15) is 0 Å². The number of rotatable bonds is 10. The summed E-state index contributed by atoms with van der Waals surface area (Å²) in [6.45, 7) is 9.20. The van der Waals surface area contributed by atoms with E-state index in [2.05, 4.69) is 5.43 Å². The third kappa shape index (κ3) is 8.87. The molecule has 1 aromatic rings. The summed E-state index contributed by atoms with van der Waals surface area (Å²) in [5, 5.41) is 0. The van der Waals surface area contributed by atoms with Gasteiger partial charge >= 0.3 is 24.2 Å². The summed E-state index contributed by atoms with van der Waals surface area (Å²) in [6.07, 6.45) is -2.05. The number of carbonyl (C=O) groups is 4. The molecule has 0 aliphatic carbocycles. The minimum atomic E-state index is -1.45. The molecule has 0 heterocycles. The van der Waals surface area contributed by atoms with Crippen molar-refractivity contribution in [1.29, 1.82) is 0 Å². The molecule has 34 heavy (non-hydrogen) atoms. The fourth-order valence-corrected chi connectivity index (χ4v) is 2.40. The van der Waals surface area contributed by atoms with Gasteiger partial charge in [-0.1, -0.05) is 6.07 Å². The number of nitrogens with one attached hydrogen (secondary N) is 1. The summed E-state index contributed by atoms with van der Waals surface area (Å²) in [4.78, 5) is 48.0. The molecule has 0 spiro atoms. The number of carbonyl (C=O) groups excluding carboxylic acids is 4. The van der Waals surface area contributed by atoms with Crippen LogP contribution in [-0.4, -0.2) is 49.8 Å². The van der Waals surface area contributed by atoms with Gasteiger partial charge in [0.15, 0.2) is 11.5 Å². The van der Waals surface area contributed by atoms with Gasteiger partial charge in [0.2, 0.25) is 6.79 Å². The van der Waals surface area contributed by atoms with Crippen LogP contribution in [0.4, 0.5) is 9.59 Å².